The molecule has 5 aromatic rings. The van der Waals surface area contributed by atoms with Crippen molar-refractivity contribution < 1.29 is 28.0 Å². The normalized spacial score (nSPS) is 17.5. The lowest BCUT2D eigenvalue weighted by molar-refractivity contribution is -0.121. The summed E-state index contributed by atoms with van der Waals surface area (Å²) in [6.45, 7) is 2.96. The Kier molecular flexibility index (Phi) is 9.97. The molecule has 9 rings (SSSR count). The van der Waals surface area contributed by atoms with E-state index < -0.39 is 35.5 Å². The second-order valence-corrected chi connectivity index (χ2v) is 16.1. The number of aromatic nitrogens is 3. The highest BCUT2D eigenvalue weighted by Gasteiger charge is 2.42. The van der Waals surface area contributed by atoms with Crippen molar-refractivity contribution in [1.29, 1.82) is 0 Å². The number of urea groups is 1. The van der Waals surface area contributed by atoms with Gasteiger partial charge in [-0.25, -0.2) is 23.5 Å². The maximum absolute atomic E-state index is 15.9. The second-order valence-electron chi connectivity index (χ2n) is 15.2. The summed E-state index contributed by atoms with van der Waals surface area (Å²) in [7, 11) is 1.99. The molecule has 3 aromatic carbocycles. The van der Waals surface area contributed by atoms with Crippen molar-refractivity contribution in [3.05, 3.63) is 112 Å². The van der Waals surface area contributed by atoms with E-state index in [2.05, 4.69) is 30.4 Å². The predicted octanol–water partition coefficient (Wildman–Crippen LogP) is 6.11. The van der Waals surface area contributed by atoms with Crippen molar-refractivity contribution in [1.82, 2.24) is 29.7 Å². The zero-order valence-electron chi connectivity index (χ0n) is 31.8. The van der Waals surface area contributed by atoms with E-state index in [0.29, 0.717) is 34.2 Å². The Morgan fingerprint density at radius 3 is 2.48 bits per heavy atom. The van der Waals surface area contributed by atoms with E-state index in [-0.39, 0.29) is 42.6 Å². The number of nitrogens with zero attached hydrogens (tertiary/aromatic N) is 7. The molecule has 2 aromatic heterocycles. The molecule has 13 nitrogen and oxygen atoms in total. The second kappa shape index (κ2) is 15.4. The SMILES string of the molecule is CN(Cc1ccc(N2CCC(=O)NC2=O)cc1F)C1CCN(c2ccc(-c3cc(F)c4c(c3)C(=O)N(C(C(=O)Nc3nccs3)c3ncn5c3CCC5)C4)cc2)CC1. The highest BCUT2D eigenvalue weighted by Crippen LogP contribution is 2.38. The first kappa shape index (κ1) is 37.6. The lowest BCUT2D eigenvalue weighted by Gasteiger charge is -2.38. The standard InChI is InChI=1S/C42H41F2N9O4S/c1-49(22-26-6-9-30(21-33(26)43)52-17-12-36(54)47-42(52)57)28-10-15-50(16-11-28)29-7-4-25(5-8-29)27-19-31-32(34(44)20-27)23-53(40(31)56)38(39(55)48-41-45-13-18-58-41)37-35-3-2-14-51(35)24-46-37/h4-9,13,18-21,24,28,38H,2-3,10-12,14-17,22-23H2,1H3,(H,45,48,55)(H,47,54,57). The minimum atomic E-state index is -1.05. The number of imide groups is 1. The number of hydrogen-bond acceptors (Lipinski definition) is 9. The third-order valence-electron chi connectivity index (χ3n) is 11.8. The van der Waals surface area contributed by atoms with Crippen LogP contribution >= 0.6 is 11.3 Å². The number of imidazole rings is 1. The van der Waals surface area contributed by atoms with E-state index in [1.54, 1.807) is 36.1 Å². The Morgan fingerprint density at radius 1 is 0.948 bits per heavy atom. The molecule has 1 unspecified atom stereocenters. The number of fused-ring (bicyclic) bond motifs is 2. The van der Waals surface area contributed by atoms with Gasteiger partial charge in [-0.3, -0.25) is 34.8 Å². The van der Waals surface area contributed by atoms with Crippen LogP contribution in [0.15, 0.2) is 72.5 Å². The number of halogens is 2. The van der Waals surface area contributed by atoms with Crippen LogP contribution in [0.1, 0.15) is 64.6 Å². The monoisotopic (exact) mass is 805 g/mol. The van der Waals surface area contributed by atoms with Crippen molar-refractivity contribution in [2.45, 2.75) is 63.8 Å². The van der Waals surface area contributed by atoms with Gasteiger partial charge < -0.3 is 14.4 Å². The highest BCUT2D eigenvalue weighted by molar-refractivity contribution is 7.13. The van der Waals surface area contributed by atoms with Crippen LogP contribution in [0.2, 0.25) is 0 Å². The summed E-state index contributed by atoms with van der Waals surface area (Å²) in [5.74, 6) is -2.10. The fourth-order valence-electron chi connectivity index (χ4n) is 8.64. The summed E-state index contributed by atoms with van der Waals surface area (Å²) < 4.78 is 33.1. The fraction of sp³-hybridized carbons (Fsp3) is 0.333. The van der Waals surface area contributed by atoms with Crippen LogP contribution in [-0.2, 0) is 35.6 Å². The van der Waals surface area contributed by atoms with Crippen molar-refractivity contribution in [2.24, 2.45) is 0 Å². The van der Waals surface area contributed by atoms with Gasteiger partial charge in [-0.2, -0.15) is 0 Å². The summed E-state index contributed by atoms with van der Waals surface area (Å²) in [6.07, 6.45) is 6.87. The van der Waals surface area contributed by atoms with Gasteiger partial charge in [0.1, 0.15) is 11.6 Å². The van der Waals surface area contributed by atoms with Crippen LogP contribution in [-0.4, -0.2) is 80.8 Å². The molecule has 1 atom stereocenters. The summed E-state index contributed by atoms with van der Waals surface area (Å²) >= 11 is 1.27. The van der Waals surface area contributed by atoms with Gasteiger partial charge in [0.15, 0.2) is 11.2 Å². The molecule has 6 heterocycles. The Bertz CT molecular complexity index is 2410. The number of piperidine rings is 1. The molecule has 58 heavy (non-hydrogen) atoms. The number of aryl methyl sites for hydroxylation is 1. The van der Waals surface area contributed by atoms with E-state index in [9.17, 15) is 19.2 Å². The molecular weight excluding hydrogens is 765 g/mol. The number of hydrogen-bond donors (Lipinski definition) is 2. The van der Waals surface area contributed by atoms with Gasteiger partial charge in [0.05, 0.1) is 18.6 Å². The number of rotatable bonds is 10. The molecule has 0 bridgehead atoms. The molecule has 2 N–H and O–H groups in total. The number of carbonyl (C=O) groups excluding carboxylic acids is 4. The van der Waals surface area contributed by atoms with E-state index in [4.69, 9.17) is 0 Å². The van der Waals surface area contributed by atoms with Crippen molar-refractivity contribution in [2.75, 3.05) is 41.8 Å². The molecule has 0 aliphatic carbocycles. The molecule has 2 fully saturated rings. The van der Waals surface area contributed by atoms with Gasteiger partial charge in [-0.05, 0) is 80.3 Å². The lowest BCUT2D eigenvalue weighted by atomic mass is 9.98. The van der Waals surface area contributed by atoms with Crippen LogP contribution in [0.25, 0.3) is 11.1 Å². The Hall–Kier alpha value is -6.00. The zero-order chi connectivity index (χ0) is 40.1. The summed E-state index contributed by atoms with van der Waals surface area (Å²) in [4.78, 5) is 67.6. The van der Waals surface area contributed by atoms with Gasteiger partial charge in [0.25, 0.3) is 11.8 Å². The Balaban J connectivity index is 0.849. The Morgan fingerprint density at radius 2 is 1.74 bits per heavy atom. The predicted molar refractivity (Wildman–Crippen MR) is 214 cm³/mol. The minimum absolute atomic E-state index is 0.0588. The molecule has 4 aliphatic heterocycles. The number of nitrogens with one attached hydrogen (secondary N) is 2. The average molecular weight is 806 g/mol. The van der Waals surface area contributed by atoms with Crippen LogP contribution in [0.5, 0.6) is 0 Å². The van der Waals surface area contributed by atoms with Gasteiger partial charge in [0.2, 0.25) is 5.91 Å². The zero-order valence-corrected chi connectivity index (χ0v) is 32.6. The third kappa shape index (κ3) is 7.10. The van der Waals surface area contributed by atoms with E-state index in [0.717, 1.165) is 62.3 Å². The minimum Gasteiger partial charge on any atom is -0.371 e. The first-order valence-electron chi connectivity index (χ1n) is 19.4. The van der Waals surface area contributed by atoms with E-state index in [1.807, 2.05) is 35.9 Å². The van der Waals surface area contributed by atoms with E-state index in [1.165, 1.54) is 33.3 Å². The van der Waals surface area contributed by atoms with Crippen LogP contribution in [0, 0.1) is 11.6 Å². The molecule has 5 amide bonds. The highest BCUT2D eigenvalue weighted by atomic mass is 32.1. The van der Waals surface area contributed by atoms with Gasteiger partial charge in [-0.15, -0.1) is 11.3 Å². The topological polar surface area (TPSA) is 136 Å². The summed E-state index contributed by atoms with van der Waals surface area (Å²) in [6, 6.07) is 14.5. The molecule has 0 spiro atoms. The summed E-state index contributed by atoms with van der Waals surface area (Å²) in [5, 5.41) is 7.26. The van der Waals surface area contributed by atoms with Crippen LogP contribution in [0.3, 0.4) is 0 Å². The molecule has 298 valence electrons. The molecule has 2 saturated heterocycles. The molecule has 16 heteroatoms. The van der Waals surface area contributed by atoms with Crippen LogP contribution in [0.4, 0.5) is 30.1 Å². The average Bonchev–Trinajstić information content (AvgIpc) is 4.04. The number of thiazole rings is 1. The maximum atomic E-state index is 15.9. The third-order valence-corrected chi connectivity index (χ3v) is 12.5. The number of benzene rings is 3. The van der Waals surface area contributed by atoms with Gasteiger partial charge in [0, 0.05) is 90.5 Å². The van der Waals surface area contributed by atoms with Crippen molar-refractivity contribution >= 4 is 51.6 Å². The largest absolute Gasteiger partial charge is 0.371 e. The fourth-order valence-corrected chi connectivity index (χ4v) is 9.17. The number of anilines is 3. The number of amides is 5. The van der Waals surface area contributed by atoms with Crippen LogP contribution < -0.4 is 20.4 Å². The number of carbonyl (C=O) groups is 4. The molecular formula is C42H41F2N9O4S. The first-order valence-corrected chi connectivity index (χ1v) is 20.3. The maximum Gasteiger partial charge on any atom is 0.328 e. The smallest absolute Gasteiger partial charge is 0.328 e. The van der Waals surface area contributed by atoms with Gasteiger partial charge in [-0.1, -0.05) is 18.2 Å². The molecule has 4 aliphatic rings. The molecule has 0 saturated carbocycles. The lowest BCUT2D eigenvalue weighted by Crippen LogP contribution is -2.49. The van der Waals surface area contributed by atoms with E-state index >= 15 is 8.78 Å². The first-order chi connectivity index (χ1) is 28.1. The van der Waals surface area contributed by atoms with Crippen molar-refractivity contribution in [3.63, 3.8) is 0 Å². The van der Waals surface area contributed by atoms with Crippen molar-refractivity contribution in [3.8, 4) is 11.1 Å². The molecule has 0 radical (unpaired) electrons. The van der Waals surface area contributed by atoms with Gasteiger partial charge >= 0.3 is 6.03 Å². The Labute approximate surface area is 337 Å². The summed E-state index contributed by atoms with van der Waals surface area (Å²) in [5.41, 5.74) is 5.21. The quantitative estimate of drug-likeness (QED) is 0.173.